The van der Waals surface area contributed by atoms with Gasteiger partial charge in [0.25, 0.3) is 0 Å². The number of carbonyl (C=O) groups excluding carboxylic acids is 10. The molecule has 2 atom stereocenters. The fourth-order valence-corrected chi connectivity index (χ4v) is 7.90. The van der Waals surface area contributed by atoms with Crippen molar-refractivity contribution in [2.75, 3.05) is 39.6 Å². The van der Waals surface area contributed by atoms with Crippen LogP contribution in [0.1, 0.15) is 90.9 Å². The van der Waals surface area contributed by atoms with Gasteiger partial charge in [0.1, 0.15) is 61.6 Å². The minimum atomic E-state index is -1.38. The van der Waals surface area contributed by atoms with Crippen LogP contribution in [-0.2, 0) is 59.2 Å². The van der Waals surface area contributed by atoms with Crippen LogP contribution in [0.2, 0.25) is 0 Å². The molecule has 8 rings (SSSR count). The van der Waals surface area contributed by atoms with Crippen LogP contribution < -0.4 is 83.2 Å². The van der Waals surface area contributed by atoms with Gasteiger partial charge in [-0.25, -0.2) is 4.79 Å². The molecular weight excluding hydrogens is 1060 g/mol. The molecule has 0 saturated heterocycles. The number of aliphatic carboxylic acids is 1. The molecule has 4 aliphatic carbocycles. The van der Waals surface area contributed by atoms with Gasteiger partial charge in [-0.2, -0.15) is 25.3 Å². The van der Waals surface area contributed by atoms with Crippen LogP contribution in [0.5, 0.6) is 23.0 Å². The summed E-state index contributed by atoms with van der Waals surface area (Å²) in [5.41, 5.74) is 5.85. The number of esters is 1. The molecular formula is C56H53ClNa2O19. The maximum atomic E-state index is 12.7. The number of aliphatic hydroxyl groups excluding tert-OH is 3. The van der Waals surface area contributed by atoms with Crippen molar-refractivity contribution in [1.82, 2.24) is 0 Å². The number of ketones is 4. The Balaban J connectivity index is 0.000000658. The van der Waals surface area contributed by atoms with E-state index in [0.717, 1.165) is 29.2 Å². The van der Waals surface area contributed by atoms with Crippen LogP contribution >= 0.6 is 12.4 Å². The first-order valence-electron chi connectivity index (χ1n) is 23.3. The number of aliphatic hydroxyl groups is 3. The molecule has 4 aromatic carbocycles. The number of ether oxygens (including phenoxy) is 5. The van der Waals surface area contributed by atoms with Crippen molar-refractivity contribution in [3.8, 4) is 23.0 Å². The molecule has 400 valence electrons. The first-order valence-corrected chi connectivity index (χ1v) is 23.3. The number of carbonyl (C=O) groups is 6. The molecule has 4 aliphatic rings. The second-order valence-electron chi connectivity index (χ2n) is 16.2. The third kappa shape index (κ3) is 19.8. The molecule has 22 heteroatoms. The molecule has 0 heterocycles. The molecule has 78 heavy (non-hydrogen) atoms. The van der Waals surface area contributed by atoms with Crippen molar-refractivity contribution in [3.05, 3.63) is 164 Å². The summed E-state index contributed by atoms with van der Waals surface area (Å²) in [6.07, 6.45) is 9.09. The Morgan fingerprint density at radius 3 is 1.31 bits per heavy atom. The monoisotopic (exact) mass is 1110 g/mol. The predicted molar refractivity (Wildman–Crippen MR) is 266 cm³/mol. The number of hydrogen-bond acceptors (Lipinski definition) is 19. The van der Waals surface area contributed by atoms with Crippen LogP contribution in [0.3, 0.4) is 0 Å². The van der Waals surface area contributed by atoms with Crippen LogP contribution in [0.25, 0.3) is 0 Å². The summed E-state index contributed by atoms with van der Waals surface area (Å²) >= 11 is 0. The standard InChI is InChI=1S/C28H28O7.C24H19O7.C2H6O.2CO2.ClH.2Na/c1-3-17-11-18-7-5-9-24(26(18)22(30)12-17)34-15-21(29)16-35-25-10-6-8-19-13-20(28(32)33-4-2)14-23(31)27(19)25;25-17(12-30-20-8-2-5-14-4-1-7-18(26)22(14)20)13-31-21-9-3-6-15-10-16(24(28)29)11-19(27)23(15)21;1-2-3;2*2-1-3;;;/h5-10,12,14,21,29H,3-4,11,13,15-16H2,1-2H3;2-3,5-9,11,17,25H,4,10,12-13H2,(H,28,29);3H,2H2,1H3;;;1H;;/q;-1;;;;;2*+1/p-1. The summed E-state index contributed by atoms with van der Waals surface area (Å²) in [6, 6.07) is 20.8. The Morgan fingerprint density at radius 2 is 0.923 bits per heavy atom. The van der Waals surface area contributed by atoms with Crippen LogP contribution in [-0.4, -0.2) is 115 Å². The Morgan fingerprint density at radius 1 is 0.577 bits per heavy atom. The van der Waals surface area contributed by atoms with E-state index in [4.69, 9.17) is 48.0 Å². The van der Waals surface area contributed by atoms with Gasteiger partial charge >= 0.3 is 77.4 Å². The van der Waals surface area contributed by atoms with Gasteiger partial charge in [-0.05, 0) is 97.0 Å². The molecule has 0 aliphatic heterocycles. The van der Waals surface area contributed by atoms with E-state index in [1.54, 1.807) is 74.5 Å². The van der Waals surface area contributed by atoms with Gasteiger partial charge in [-0.3, -0.25) is 20.5 Å². The molecule has 19 nitrogen and oxygen atoms in total. The van der Waals surface area contributed by atoms with Gasteiger partial charge in [0.2, 0.25) is 0 Å². The van der Waals surface area contributed by atoms with Gasteiger partial charge < -0.3 is 53.7 Å². The van der Waals surface area contributed by atoms with Gasteiger partial charge in [0, 0.05) is 30.8 Å². The first-order chi connectivity index (χ1) is 36.1. The summed E-state index contributed by atoms with van der Waals surface area (Å²) in [4.78, 5) is 105. The van der Waals surface area contributed by atoms with E-state index in [0.29, 0.717) is 63.5 Å². The molecule has 2 unspecified atom stereocenters. The van der Waals surface area contributed by atoms with E-state index in [2.05, 4.69) is 6.08 Å². The summed E-state index contributed by atoms with van der Waals surface area (Å²) < 4.78 is 27.8. The molecule has 3 N–H and O–H groups in total. The van der Waals surface area contributed by atoms with E-state index in [1.165, 1.54) is 12.2 Å². The van der Waals surface area contributed by atoms with Crippen LogP contribution in [0.15, 0.2) is 114 Å². The molecule has 0 aromatic heterocycles. The summed E-state index contributed by atoms with van der Waals surface area (Å²) in [5, 5.41) is 39.4. The Labute approximate surface area is 499 Å². The zero-order chi connectivity index (χ0) is 55.0. The normalized spacial score (nSPS) is 13.5. The van der Waals surface area contributed by atoms with Gasteiger partial charge in [-0.1, -0.05) is 73.0 Å². The number of rotatable bonds is 16. The van der Waals surface area contributed by atoms with Gasteiger partial charge in [0.05, 0.1) is 29.3 Å². The summed E-state index contributed by atoms with van der Waals surface area (Å²) in [7, 11) is 0. The second kappa shape index (κ2) is 35.9. The van der Waals surface area contributed by atoms with Crippen molar-refractivity contribution in [1.29, 1.82) is 0 Å². The van der Waals surface area contributed by atoms with Gasteiger partial charge in [-0.15, -0.1) is 12.4 Å². The average molecular weight is 1110 g/mol. The molecule has 0 amide bonds. The number of carboxylic acids is 1. The number of hydrogen-bond donors (Lipinski definition) is 3. The van der Waals surface area contributed by atoms with E-state index in [1.807, 2.05) is 25.1 Å². The Bertz CT molecular complexity index is 2950. The number of benzene rings is 4. The van der Waals surface area contributed by atoms with Crippen LogP contribution in [0, 0.1) is 6.08 Å². The van der Waals surface area contributed by atoms with E-state index in [9.17, 15) is 44.1 Å². The fraction of sp³-hybridized carbons (Fsp3) is 0.286. The largest absolute Gasteiger partial charge is 1.00 e. The van der Waals surface area contributed by atoms with Crippen molar-refractivity contribution in [2.45, 2.75) is 65.1 Å². The van der Waals surface area contributed by atoms with Gasteiger partial charge in [0.15, 0.2) is 17.3 Å². The quantitative estimate of drug-likeness (QED) is 0.0626. The fourth-order valence-electron chi connectivity index (χ4n) is 7.90. The molecule has 4 aromatic rings. The van der Waals surface area contributed by atoms with E-state index < -0.39 is 29.9 Å². The number of allylic oxidation sites excluding steroid dienone is 6. The zero-order valence-corrected chi connectivity index (χ0v) is 48.3. The molecule has 0 bridgehead atoms. The smallest absolute Gasteiger partial charge is 0.545 e. The topological polar surface area (TPSA) is 301 Å². The molecule has 0 saturated carbocycles. The minimum absolute atomic E-state index is 0. The zero-order valence-electron chi connectivity index (χ0n) is 43.5. The van der Waals surface area contributed by atoms with E-state index >= 15 is 0 Å². The van der Waals surface area contributed by atoms with Crippen molar-refractivity contribution in [3.63, 3.8) is 0 Å². The molecule has 0 radical (unpaired) electrons. The predicted octanol–water partition coefficient (Wildman–Crippen LogP) is -1.91. The number of fused-ring (bicyclic) bond motifs is 4. The van der Waals surface area contributed by atoms with Crippen LogP contribution in [0.4, 0.5) is 0 Å². The average Bonchev–Trinajstić information content (AvgIpc) is 3.39. The Kier molecular flexibility index (Phi) is 32.0. The molecule has 0 spiro atoms. The third-order valence-electron chi connectivity index (χ3n) is 11.1. The maximum absolute atomic E-state index is 12.7. The van der Waals surface area contributed by atoms with E-state index in [-0.39, 0.29) is 171 Å². The minimum Gasteiger partial charge on any atom is -0.545 e. The van der Waals surface area contributed by atoms with Crippen molar-refractivity contribution in [2.24, 2.45) is 0 Å². The van der Waals surface area contributed by atoms with Crippen molar-refractivity contribution < 1.29 is 151 Å². The van der Waals surface area contributed by atoms with Crippen molar-refractivity contribution >= 4 is 59.8 Å². The molecule has 0 fully saturated rings. The third-order valence-corrected chi connectivity index (χ3v) is 11.1. The number of halogens is 1. The summed E-state index contributed by atoms with van der Waals surface area (Å²) in [6.45, 7) is 5.43. The Hall–Kier alpha value is -6.41. The first kappa shape index (κ1) is 69.6. The summed E-state index contributed by atoms with van der Waals surface area (Å²) in [5.74, 6) is -1.60. The SMILES string of the molecule is CCO.CCOC(=O)C1=CC(=O)c2c(cccc2OCC(O)COc2cccc3c2C(=O)C=C(CC)C3)C1.Cl.O=C([O-])C1=CC(=O)c2c(cccc2OCC(O)COc2cccc3c2C(=O)C=[C-]C3)C1.O=C=O.O=C=O.[Na+].[Na+]. The number of carboxylic acid groups (broad SMARTS) is 1. The second-order valence-corrected chi connectivity index (χ2v) is 16.2. The maximum Gasteiger partial charge on any atom is 1.00 e.